The van der Waals surface area contributed by atoms with Crippen molar-refractivity contribution in [2.24, 2.45) is 0 Å². The van der Waals surface area contributed by atoms with Gasteiger partial charge in [0.15, 0.2) is 15.6 Å². The fraction of sp³-hybridized carbons (Fsp3) is 0.500. The summed E-state index contributed by atoms with van der Waals surface area (Å²) < 4.78 is 35.0. The van der Waals surface area contributed by atoms with Crippen LogP contribution in [-0.2, 0) is 21.0 Å². The first-order valence-electron chi connectivity index (χ1n) is 6.73. The van der Waals surface area contributed by atoms with E-state index in [1.165, 1.54) is 20.1 Å². The van der Waals surface area contributed by atoms with Crippen LogP contribution in [0.3, 0.4) is 0 Å². The van der Waals surface area contributed by atoms with Gasteiger partial charge in [0.25, 0.3) is 0 Å². The summed E-state index contributed by atoms with van der Waals surface area (Å²) in [5.41, 5.74) is 0.192. The van der Waals surface area contributed by atoms with Crippen LogP contribution in [-0.4, -0.2) is 45.6 Å². The lowest BCUT2D eigenvalue weighted by molar-refractivity contribution is 0.0696. The van der Waals surface area contributed by atoms with E-state index in [1.807, 2.05) is 0 Å². The average Bonchev–Trinajstić information content (AvgIpc) is 2.48. The number of hydrogen-bond acceptors (Lipinski definition) is 5. The van der Waals surface area contributed by atoms with Crippen molar-refractivity contribution in [2.45, 2.75) is 25.2 Å². The highest BCUT2D eigenvalue weighted by molar-refractivity contribution is 7.91. The molecule has 0 spiro atoms. The Balaban J connectivity index is 3.63. The first-order chi connectivity index (χ1) is 10.3. The van der Waals surface area contributed by atoms with Gasteiger partial charge >= 0.3 is 5.97 Å². The normalized spacial score (nSPS) is 11.5. The smallest absolute Gasteiger partial charge is 0.337 e. The van der Waals surface area contributed by atoms with Crippen LogP contribution in [0.4, 0.5) is 0 Å². The maximum absolute atomic E-state index is 12.4. The molecule has 0 aliphatic heterocycles. The molecule has 0 fully saturated rings. The van der Waals surface area contributed by atoms with E-state index in [9.17, 15) is 18.3 Å². The number of aryl methyl sites for hydroxylation is 1. The number of sulfone groups is 1. The van der Waals surface area contributed by atoms with E-state index in [4.69, 9.17) is 21.1 Å². The van der Waals surface area contributed by atoms with Gasteiger partial charge in [0.1, 0.15) is 11.5 Å². The molecule has 1 rings (SSSR count). The molecule has 0 saturated carbocycles. The lowest BCUT2D eigenvalue weighted by atomic mass is 10.1. The monoisotopic (exact) mass is 350 g/mol. The molecule has 0 saturated heterocycles. The predicted molar refractivity (Wildman–Crippen MR) is 82.9 cm³/mol. The van der Waals surface area contributed by atoms with Crippen LogP contribution in [0.2, 0.25) is 5.02 Å². The molecular weight excluding hydrogens is 332 g/mol. The highest BCUT2D eigenvalue weighted by Gasteiger charge is 2.28. The van der Waals surface area contributed by atoms with Crippen molar-refractivity contribution in [1.82, 2.24) is 0 Å². The zero-order chi connectivity index (χ0) is 16.9. The zero-order valence-corrected chi connectivity index (χ0v) is 14.3. The molecule has 1 aromatic carbocycles. The van der Waals surface area contributed by atoms with Gasteiger partial charge in [-0.3, -0.25) is 0 Å². The van der Waals surface area contributed by atoms with Crippen LogP contribution in [0.1, 0.15) is 29.8 Å². The number of aromatic carboxylic acids is 1. The Labute approximate surface area is 134 Å². The summed E-state index contributed by atoms with van der Waals surface area (Å²) in [6.07, 6.45) is 0.340. The fourth-order valence-electron chi connectivity index (χ4n) is 1.93. The van der Waals surface area contributed by atoms with Crippen molar-refractivity contribution in [2.75, 3.05) is 26.1 Å². The number of carbonyl (C=O) groups is 1. The molecule has 0 aliphatic carbocycles. The van der Waals surface area contributed by atoms with E-state index in [1.54, 1.807) is 6.92 Å². The zero-order valence-electron chi connectivity index (χ0n) is 12.7. The third-order valence-electron chi connectivity index (χ3n) is 3.09. The third kappa shape index (κ3) is 3.91. The Bertz CT molecular complexity index is 654. The minimum Gasteiger partial charge on any atom is -0.488 e. The second-order valence-corrected chi connectivity index (χ2v) is 7.05. The van der Waals surface area contributed by atoms with E-state index in [2.05, 4.69) is 0 Å². The summed E-state index contributed by atoms with van der Waals surface area (Å²) in [6, 6.07) is 1.29. The van der Waals surface area contributed by atoms with Crippen molar-refractivity contribution >= 4 is 27.4 Å². The predicted octanol–water partition coefficient (Wildman–Crippen LogP) is 2.42. The molecular formula is C14H19ClO6S. The minimum absolute atomic E-state index is 0.0383. The van der Waals surface area contributed by atoms with Gasteiger partial charge in [-0.05, 0) is 18.1 Å². The van der Waals surface area contributed by atoms with Crippen molar-refractivity contribution in [3.8, 4) is 5.75 Å². The highest BCUT2D eigenvalue weighted by atomic mass is 35.5. The topological polar surface area (TPSA) is 89.9 Å². The van der Waals surface area contributed by atoms with E-state index in [0.717, 1.165) is 0 Å². The molecule has 22 heavy (non-hydrogen) atoms. The van der Waals surface area contributed by atoms with Crippen molar-refractivity contribution < 1.29 is 27.8 Å². The Morgan fingerprint density at radius 1 is 1.32 bits per heavy atom. The number of benzene rings is 1. The summed E-state index contributed by atoms with van der Waals surface area (Å²) in [7, 11) is -2.14. The van der Waals surface area contributed by atoms with Gasteiger partial charge < -0.3 is 14.6 Å². The molecule has 1 N–H and O–H groups in total. The summed E-state index contributed by atoms with van der Waals surface area (Å²) in [5, 5.41) is 9.00. The number of halogens is 1. The molecule has 0 amide bonds. The molecule has 0 bridgehead atoms. The molecule has 0 unspecified atom stereocenters. The van der Waals surface area contributed by atoms with Crippen molar-refractivity contribution in [3.63, 3.8) is 0 Å². The molecule has 124 valence electrons. The number of hydrogen-bond donors (Lipinski definition) is 1. The molecule has 0 aromatic heterocycles. The van der Waals surface area contributed by atoms with Crippen LogP contribution < -0.4 is 4.74 Å². The summed E-state index contributed by atoms with van der Waals surface area (Å²) in [6.45, 7) is 3.53. The molecule has 0 atom stereocenters. The van der Waals surface area contributed by atoms with Crippen LogP contribution >= 0.6 is 11.6 Å². The lowest BCUT2D eigenvalue weighted by Gasteiger charge is -2.18. The van der Waals surface area contributed by atoms with Crippen LogP contribution in [0, 0.1) is 0 Å². The number of carboxylic acids is 1. The van der Waals surface area contributed by atoms with Gasteiger partial charge in [-0.1, -0.05) is 25.4 Å². The quantitative estimate of drug-likeness (QED) is 0.724. The maximum atomic E-state index is 12.4. The van der Waals surface area contributed by atoms with Gasteiger partial charge in [-0.15, -0.1) is 0 Å². The molecule has 0 aliphatic rings. The lowest BCUT2D eigenvalue weighted by Crippen LogP contribution is -2.15. The number of ether oxygens (including phenoxy) is 2. The van der Waals surface area contributed by atoms with Gasteiger partial charge in [0, 0.05) is 7.11 Å². The van der Waals surface area contributed by atoms with Crippen molar-refractivity contribution in [3.05, 3.63) is 22.2 Å². The van der Waals surface area contributed by atoms with Gasteiger partial charge in [-0.25, -0.2) is 13.2 Å². The first kappa shape index (κ1) is 18.7. The van der Waals surface area contributed by atoms with E-state index < -0.39 is 15.8 Å². The van der Waals surface area contributed by atoms with E-state index in [0.29, 0.717) is 12.0 Å². The van der Waals surface area contributed by atoms with Crippen molar-refractivity contribution in [1.29, 1.82) is 0 Å². The SMILES string of the molecule is CCc1cc(C(=O)O)c(Cl)c(OCCOC)c1S(=O)(=O)CC. The summed E-state index contributed by atoms with van der Waals surface area (Å²) >= 11 is 6.07. The summed E-state index contributed by atoms with van der Waals surface area (Å²) in [5.74, 6) is -1.49. The molecule has 0 radical (unpaired) electrons. The number of carboxylic acid groups (broad SMARTS) is 1. The van der Waals surface area contributed by atoms with Crippen LogP contribution in [0.15, 0.2) is 11.0 Å². The van der Waals surface area contributed by atoms with Gasteiger partial charge in [-0.2, -0.15) is 0 Å². The number of rotatable bonds is 8. The highest BCUT2D eigenvalue weighted by Crippen LogP contribution is 2.39. The van der Waals surface area contributed by atoms with Crippen LogP contribution in [0.25, 0.3) is 0 Å². The molecule has 6 nitrogen and oxygen atoms in total. The standard InChI is InChI=1S/C14H19ClO6S/c1-4-9-8-10(14(16)17)11(15)12(21-7-6-20-3)13(9)22(18,19)5-2/h8H,4-7H2,1-3H3,(H,16,17). The Hall–Kier alpha value is -1.31. The van der Waals surface area contributed by atoms with Gasteiger partial charge in [0.2, 0.25) is 0 Å². The second-order valence-electron chi connectivity index (χ2n) is 4.46. The van der Waals surface area contributed by atoms with Crippen LogP contribution in [0.5, 0.6) is 5.75 Å². The second kappa shape index (κ2) is 7.80. The fourth-order valence-corrected chi connectivity index (χ4v) is 3.61. The minimum atomic E-state index is -3.62. The Morgan fingerprint density at radius 3 is 2.41 bits per heavy atom. The molecule has 8 heteroatoms. The third-order valence-corrected chi connectivity index (χ3v) is 5.29. The number of methoxy groups -OCH3 is 1. The van der Waals surface area contributed by atoms with E-state index >= 15 is 0 Å². The van der Waals surface area contributed by atoms with Gasteiger partial charge in [0.05, 0.1) is 22.9 Å². The first-order valence-corrected chi connectivity index (χ1v) is 8.76. The summed E-state index contributed by atoms with van der Waals surface area (Å²) in [4.78, 5) is 11.3. The molecule has 0 heterocycles. The largest absolute Gasteiger partial charge is 0.488 e. The maximum Gasteiger partial charge on any atom is 0.337 e. The Kier molecular flexibility index (Phi) is 6.65. The Morgan fingerprint density at radius 2 is 1.95 bits per heavy atom. The average molecular weight is 351 g/mol. The van der Waals surface area contributed by atoms with E-state index in [-0.39, 0.29) is 40.2 Å². The molecule has 1 aromatic rings.